The molecule has 0 aliphatic rings. The zero-order valence-corrected chi connectivity index (χ0v) is 8.50. The second-order valence-electron chi connectivity index (χ2n) is 3.56. The molecule has 0 aliphatic carbocycles. The Morgan fingerprint density at radius 2 is 2.14 bits per heavy atom. The Morgan fingerprint density at radius 1 is 1.57 bits per heavy atom. The third-order valence-electron chi connectivity index (χ3n) is 1.07. The summed E-state index contributed by atoms with van der Waals surface area (Å²) in [6, 6.07) is 0. The summed E-state index contributed by atoms with van der Waals surface area (Å²) in [5.41, 5.74) is -0.387. The summed E-state index contributed by atoms with van der Waals surface area (Å²) >= 11 is 0. The molecule has 0 unspecified atom stereocenters. The molecule has 0 aromatic heterocycles. The summed E-state index contributed by atoms with van der Waals surface area (Å²) < 4.78 is 4.91. The van der Waals surface area contributed by atoms with Crippen LogP contribution in [0.3, 0.4) is 0 Å². The van der Waals surface area contributed by atoms with Gasteiger partial charge in [0.2, 0.25) is 0 Å². The first-order chi connectivity index (χ1) is 6.39. The number of carbonyl (C=O) groups is 1. The molecule has 6 heteroatoms. The van der Waals surface area contributed by atoms with Gasteiger partial charge in [0.05, 0.1) is 0 Å². The third-order valence-corrected chi connectivity index (χ3v) is 1.07. The fourth-order valence-electron chi connectivity index (χ4n) is 0.566. The first-order valence-corrected chi connectivity index (χ1v) is 4.06. The van der Waals surface area contributed by atoms with Gasteiger partial charge in [-0.2, -0.15) is 0 Å². The van der Waals surface area contributed by atoms with Crippen LogP contribution in [0, 0.1) is 5.41 Å². The van der Waals surface area contributed by atoms with Gasteiger partial charge in [-0.3, -0.25) is 5.32 Å². The van der Waals surface area contributed by atoms with E-state index in [-0.39, 0.29) is 5.47 Å². The average molecular weight is 197 g/mol. The Morgan fingerprint density at radius 3 is 2.50 bits per heavy atom. The van der Waals surface area contributed by atoms with Crippen molar-refractivity contribution in [2.45, 2.75) is 26.4 Å². The second kappa shape index (κ2) is 5.44. The number of carbonyl (C=O) groups excluding carboxylic acids is 1. The highest BCUT2D eigenvalue weighted by atomic mass is 16.6. The minimum Gasteiger partial charge on any atom is -0.450 e. The quantitative estimate of drug-likeness (QED) is 0.458. The number of hydrogen-bond donors (Lipinski definition) is 3. The second-order valence-corrected chi connectivity index (χ2v) is 3.56. The predicted molar refractivity (Wildman–Crippen MR) is 54.2 cm³/mol. The van der Waals surface area contributed by atoms with Crippen LogP contribution in [-0.4, -0.2) is 30.4 Å². The van der Waals surface area contributed by atoms with Crippen LogP contribution in [0.4, 0.5) is 4.79 Å². The molecular weight excluding hydrogens is 183 g/mol. The van der Waals surface area contributed by atoms with Crippen molar-refractivity contribution >= 4 is 19.8 Å². The van der Waals surface area contributed by atoms with Crippen molar-refractivity contribution in [3.63, 3.8) is 0 Å². The molecule has 0 aromatic rings. The van der Waals surface area contributed by atoms with E-state index < -0.39 is 11.7 Å². The van der Waals surface area contributed by atoms with E-state index in [0.717, 1.165) is 6.21 Å². The van der Waals surface area contributed by atoms with Crippen molar-refractivity contribution < 1.29 is 14.6 Å². The summed E-state index contributed by atoms with van der Waals surface area (Å²) in [5, 5.41) is 17.6. The van der Waals surface area contributed by atoms with Crippen LogP contribution < -0.4 is 5.32 Å². The van der Waals surface area contributed by atoms with E-state index in [1.165, 1.54) is 6.20 Å². The van der Waals surface area contributed by atoms with Crippen molar-refractivity contribution in [3.05, 3.63) is 11.7 Å². The molecule has 1 amide bonds. The topological polar surface area (TPSA) is 82.4 Å². The number of hydrogen-bond acceptors (Lipinski definition) is 4. The zero-order valence-electron chi connectivity index (χ0n) is 8.50. The van der Waals surface area contributed by atoms with Gasteiger partial charge in [0.1, 0.15) is 5.60 Å². The Labute approximate surface area is 83.9 Å². The van der Waals surface area contributed by atoms with Gasteiger partial charge in [-0.25, -0.2) is 4.79 Å². The van der Waals surface area contributed by atoms with Crippen LogP contribution in [0.5, 0.6) is 0 Å². The summed E-state index contributed by atoms with van der Waals surface area (Å²) in [6.45, 7) is 5.23. The third kappa shape index (κ3) is 6.25. The van der Waals surface area contributed by atoms with Crippen molar-refractivity contribution in [1.29, 1.82) is 5.41 Å². The minimum absolute atomic E-state index is 0.177. The highest BCUT2D eigenvalue weighted by molar-refractivity contribution is 6.44. The van der Waals surface area contributed by atoms with Gasteiger partial charge in [0, 0.05) is 12.4 Å². The molecule has 0 saturated carbocycles. The molecule has 3 N–H and O–H groups in total. The maximum Gasteiger partial charge on any atom is 0.411 e. The molecule has 0 fully saturated rings. The van der Waals surface area contributed by atoms with E-state index >= 15 is 0 Å². The Hall–Kier alpha value is -1.30. The van der Waals surface area contributed by atoms with Crippen LogP contribution in [0.15, 0.2) is 11.7 Å². The lowest BCUT2D eigenvalue weighted by molar-refractivity contribution is 0.0552. The lowest BCUT2D eigenvalue weighted by Crippen LogP contribution is -2.30. The lowest BCUT2D eigenvalue weighted by atomic mass is 9.90. The molecule has 0 aromatic carbocycles. The highest BCUT2D eigenvalue weighted by Gasteiger charge is 2.14. The van der Waals surface area contributed by atoms with Gasteiger partial charge < -0.3 is 15.2 Å². The predicted octanol–water partition coefficient (Wildman–Crippen LogP) is 0.614. The number of ether oxygens (including phenoxy) is 1. The van der Waals surface area contributed by atoms with E-state index in [1.807, 2.05) is 0 Å². The van der Waals surface area contributed by atoms with E-state index in [0.29, 0.717) is 7.48 Å². The van der Waals surface area contributed by atoms with E-state index in [2.05, 4.69) is 5.32 Å². The Kier molecular flexibility index (Phi) is 4.94. The van der Waals surface area contributed by atoms with Crippen molar-refractivity contribution in [2.75, 3.05) is 0 Å². The highest BCUT2D eigenvalue weighted by Crippen LogP contribution is 2.06. The molecule has 0 aliphatic heterocycles. The fraction of sp³-hybridized carbons (Fsp3) is 0.500. The van der Waals surface area contributed by atoms with Gasteiger partial charge in [0.25, 0.3) is 0 Å². The molecule has 5 nitrogen and oxygen atoms in total. The number of allylic oxidation sites excluding steroid dienone is 1. The summed E-state index contributed by atoms with van der Waals surface area (Å²) in [5.74, 6) is 0. The van der Waals surface area contributed by atoms with Gasteiger partial charge in [-0.15, -0.1) is 0 Å². The monoisotopic (exact) mass is 197 g/mol. The van der Waals surface area contributed by atoms with Crippen molar-refractivity contribution in [2.24, 2.45) is 0 Å². The van der Waals surface area contributed by atoms with Crippen LogP contribution in [-0.2, 0) is 4.74 Å². The lowest BCUT2D eigenvalue weighted by Gasteiger charge is -2.18. The van der Waals surface area contributed by atoms with E-state index in [1.54, 1.807) is 20.8 Å². The standard InChI is InChI=1S/C8H14BN2O3/c1-8(2,3)14-7(12)11-5-6(4-10)9-13/h4-5,10,13H,1-3H3,(H,11,12)/b6-5+,10-4?. The van der Waals surface area contributed by atoms with Gasteiger partial charge >= 0.3 is 13.6 Å². The molecule has 0 spiro atoms. The Balaban J connectivity index is 4.08. The molecule has 0 heterocycles. The van der Waals surface area contributed by atoms with Crippen molar-refractivity contribution in [3.8, 4) is 0 Å². The van der Waals surface area contributed by atoms with Gasteiger partial charge in [-0.05, 0) is 26.2 Å². The summed E-state index contributed by atoms with van der Waals surface area (Å²) in [6.07, 6.45) is 1.46. The molecule has 0 saturated heterocycles. The molecule has 1 radical (unpaired) electrons. The molecule has 77 valence electrons. The maximum atomic E-state index is 11.0. The number of nitrogens with one attached hydrogen (secondary N) is 2. The van der Waals surface area contributed by atoms with Gasteiger partial charge in [-0.1, -0.05) is 0 Å². The SMILES string of the molecule is CC(C)(C)OC(=O)N/C=C(/[B]O)C=N. The first kappa shape index (κ1) is 12.7. The molecule has 0 atom stereocenters. The van der Waals surface area contributed by atoms with Crippen LogP contribution >= 0.6 is 0 Å². The largest absolute Gasteiger partial charge is 0.450 e. The van der Waals surface area contributed by atoms with Crippen LogP contribution in [0.25, 0.3) is 0 Å². The summed E-state index contributed by atoms with van der Waals surface area (Å²) in [4.78, 5) is 11.0. The van der Waals surface area contributed by atoms with E-state index in [4.69, 9.17) is 15.2 Å². The molecule has 14 heavy (non-hydrogen) atoms. The normalized spacial score (nSPS) is 11.9. The molecule has 0 rings (SSSR count). The maximum absolute atomic E-state index is 11.0. The number of alkyl carbamates (subject to hydrolysis) is 1. The van der Waals surface area contributed by atoms with Gasteiger partial charge in [0.15, 0.2) is 0 Å². The molecular formula is C8H14BN2O3. The number of amides is 1. The molecule has 0 bridgehead atoms. The average Bonchev–Trinajstić information content (AvgIpc) is 2.03. The fourth-order valence-corrected chi connectivity index (χ4v) is 0.566. The zero-order chi connectivity index (χ0) is 11.2. The van der Waals surface area contributed by atoms with Crippen LogP contribution in [0.2, 0.25) is 0 Å². The Bertz CT molecular complexity index is 245. The smallest absolute Gasteiger partial charge is 0.411 e. The van der Waals surface area contributed by atoms with E-state index in [9.17, 15) is 4.79 Å². The summed E-state index contributed by atoms with van der Waals surface area (Å²) in [7, 11) is 0.713. The van der Waals surface area contributed by atoms with Crippen LogP contribution in [0.1, 0.15) is 20.8 Å². The minimum atomic E-state index is -0.626. The first-order valence-electron chi connectivity index (χ1n) is 4.06. The number of rotatable bonds is 3. The van der Waals surface area contributed by atoms with Crippen molar-refractivity contribution in [1.82, 2.24) is 5.32 Å².